The highest BCUT2D eigenvalue weighted by Gasteiger charge is 2.42. The van der Waals surface area contributed by atoms with Crippen LogP contribution in [0.2, 0.25) is 5.02 Å². The lowest BCUT2D eigenvalue weighted by Crippen LogP contribution is -2.51. The number of aromatic nitrogens is 1. The Balaban J connectivity index is 1.55. The fraction of sp³-hybridized carbons (Fsp3) is 0.346. The van der Waals surface area contributed by atoms with E-state index in [0.29, 0.717) is 35.2 Å². The number of ketones is 1. The topological polar surface area (TPSA) is 89.9 Å². The maximum atomic E-state index is 14.2. The van der Waals surface area contributed by atoms with Gasteiger partial charge >= 0.3 is 0 Å². The van der Waals surface area contributed by atoms with Gasteiger partial charge in [0.05, 0.1) is 18.2 Å². The third kappa shape index (κ3) is 4.94. The van der Waals surface area contributed by atoms with E-state index in [-0.39, 0.29) is 35.4 Å². The van der Waals surface area contributed by atoms with Crippen molar-refractivity contribution in [1.29, 1.82) is 0 Å². The van der Waals surface area contributed by atoms with Crippen molar-refractivity contribution in [1.82, 2.24) is 14.8 Å². The zero-order chi connectivity index (χ0) is 26.0. The molecule has 1 aromatic heterocycles. The number of halogens is 2. The Kier molecular flexibility index (Phi) is 7.61. The molecule has 0 radical (unpaired) electrons. The van der Waals surface area contributed by atoms with E-state index in [1.165, 1.54) is 31.1 Å². The molecule has 10 heteroatoms. The fourth-order valence-corrected chi connectivity index (χ4v) is 4.82. The molecule has 2 atom stereocenters. The first kappa shape index (κ1) is 25.7. The number of fused-ring (bicyclic) bond motifs is 1. The molecule has 1 N–H and O–H groups in total. The van der Waals surface area contributed by atoms with Crippen molar-refractivity contribution in [2.45, 2.75) is 38.6 Å². The minimum atomic E-state index is -0.876. The second kappa shape index (κ2) is 10.7. The van der Waals surface area contributed by atoms with Crippen LogP contribution in [-0.4, -0.2) is 60.0 Å². The maximum absolute atomic E-state index is 14.2. The monoisotopic (exact) mass is 515 g/mol. The van der Waals surface area contributed by atoms with Gasteiger partial charge in [-0.05, 0) is 37.6 Å². The molecule has 0 unspecified atom stereocenters. The third-order valence-corrected chi connectivity index (χ3v) is 6.78. The van der Waals surface area contributed by atoms with Gasteiger partial charge in [-0.1, -0.05) is 23.7 Å². The molecule has 2 heterocycles. The zero-order valence-electron chi connectivity index (χ0n) is 20.2. The standard InChI is InChI=1S/C26H27ClFN3O5/c1-15(32)19-13-30(21-8-7-17(35-2)11-18(19)21)14-23(33)31-10-9-22(36-3)25(31)26(34)29-12-16-5-4-6-20(27)24(16)28/h4-8,11,13,22,25H,9-10,12,14H2,1-3H3,(H,29,34)/t22-,25+/m1/s1. The van der Waals surface area contributed by atoms with Crippen molar-refractivity contribution >= 4 is 40.1 Å². The summed E-state index contributed by atoms with van der Waals surface area (Å²) in [6, 6.07) is 9.00. The molecule has 0 saturated carbocycles. The molecule has 0 spiro atoms. The summed E-state index contributed by atoms with van der Waals surface area (Å²) in [4.78, 5) is 40.2. The van der Waals surface area contributed by atoms with Gasteiger partial charge in [0.2, 0.25) is 11.8 Å². The number of carbonyl (C=O) groups excluding carboxylic acids is 3. The molecule has 2 amide bonds. The van der Waals surface area contributed by atoms with Crippen LogP contribution in [0.3, 0.4) is 0 Å². The molecule has 1 saturated heterocycles. The number of hydrogen-bond acceptors (Lipinski definition) is 5. The Hall–Kier alpha value is -3.43. The first-order valence-corrected chi connectivity index (χ1v) is 11.8. The van der Waals surface area contributed by atoms with Crippen LogP contribution >= 0.6 is 11.6 Å². The zero-order valence-corrected chi connectivity index (χ0v) is 21.0. The number of likely N-dealkylation sites (tertiary alicyclic amines) is 1. The average Bonchev–Trinajstić information content (AvgIpc) is 3.46. The number of methoxy groups -OCH3 is 2. The molecule has 1 aliphatic heterocycles. The summed E-state index contributed by atoms with van der Waals surface area (Å²) in [5, 5.41) is 3.36. The highest BCUT2D eigenvalue weighted by Crippen LogP contribution is 2.28. The number of nitrogens with one attached hydrogen (secondary N) is 1. The summed E-state index contributed by atoms with van der Waals surface area (Å²) in [5.74, 6) is -0.875. The Bertz CT molecular complexity index is 1320. The molecule has 190 valence electrons. The molecule has 36 heavy (non-hydrogen) atoms. The van der Waals surface area contributed by atoms with Crippen molar-refractivity contribution in [2.24, 2.45) is 0 Å². The first-order valence-electron chi connectivity index (χ1n) is 11.5. The van der Waals surface area contributed by atoms with Crippen LogP contribution < -0.4 is 10.1 Å². The summed E-state index contributed by atoms with van der Waals surface area (Å²) in [5.41, 5.74) is 1.42. The smallest absolute Gasteiger partial charge is 0.245 e. The van der Waals surface area contributed by atoms with E-state index in [9.17, 15) is 18.8 Å². The van der Waals surface area contributed by atoms with Crippen LogP contribution in [0.4, 0.5) is 4.39 Å². The Morgan fingerprint density at radius 1 is 1.19 bits per heavy atom. The summed E-state index contributed by atoms with van der Waals surface area (Å²) in [6.45, 7) is 1.65. The number of amides is 2. The number of carbonyl (C=O) groups is 3. The maximum Gasteiger partial charge on any atom is 0.245 e. The number of rotatable bonds is 8. The van der Waals surface area contributed by atoms with E-state index in [2.05, 4.69) is 5.32 Å². The van der Waals surface area contributed by atoms with Gasteiger partial charge in [0, 0.05) is 48.4 Å². The number of ether oxygens (including phenoxy) is 2. The first-order chi connectivity index (χ1) is 17.2. The molecule has 2 aromatic carbocycles. The Morgan fingerprint density at radius 2 is 1.97 bits per heavy atom. The summed E-state index contributed by atoms with van der Waals surface area (Å²) < 4.78 is 26.7. The second-order valence-electron chi connectivity index (χ2n) is 8.64. The Labute approximate surface area is 212 Å². The number of hydrogen-bond donors (Lipinski definition) is 1. The van der Waals surface area contributed by atoms with Crippen LogP contribution in [0, 0.1) is 5.82 Å². The van der Waals surface area contributed by atoms with Crippen LogP contribution in [0.5, 0.6) is 5.75 Å². The minimum Gasteiger partial charge on any atom is -0.497 e. The van der Waals surface area contributed by atoms with E-state index in [1.54, 1.807) is 42.1 Å². The van der Waals surface area contributed by atoms with Gasteiger partial charge < -0.3 is 24.3 Å². The predicted molar refractivity (Wildman–Crippen MR) is 133 cm³/mol. The lowest BCUT2D eigenvalue weighted by molar-refractivity contribution is -0.141. The number of Topliss-reactive ketones (excluding diaryl/α,β-unsaturated/α-hetero) is 1. The van der Waals surface area contributed by atoms with Crippen molar-refractivity contribution in [2.75, 3.05) is 20.8 Å². The molecule has 4 rings (SSSR count). The van der Waals surface area contributed by atoms with E-state index in [0.717, 1.165) is 0 Å². The van der Waals surface area contributed by atoms with E-state index >= 15 is 0 Å². The van der Waals surface area contributed by atoms with Gasteiger partial charge in [0.15, 0.2) is 5.78 Å². The van der Waals surface area contributed by atoms with Crippen molar-refractivity contribution < 1.29 is 28.2 Å². The molecular formula is C26H27ClFN3O5. The number of benzene rings is 2. The predicted octanol–water partition coefficient (Wildman–Crippen LogP) is 3.58. The third-order valence-electron chi connectivity index (χ3n) is 6.49. The van der Waals surface area contributed by atoms with Gasteiger partial charge in [-0.25, -0.2) is 4.39 Å². The molecule has 0 aliphatic carbocycles. The highest BCUT2D eigenvalue weighted by molar-refractivity contribution is 6.30. The summed E-state index contributed by atoms with van der Waals surface area (Å²) in [6.07, 6.45) is 1.62. The largest absolute Gasteiger partial charge is 0.497 e. The van der Waals surface area contributed by atoms with Crippen LogP contribution in [0.1, 0.15) is 29.3 Å². The highest BCUT2D eigenvalue weighted by atomic mass is 35.5. The normalized spacial score (nSPS) is 17.4. The van der Waals surface area contributed by atoms with Crippen molar-refractivity contribution in [3.8, 4) is 5.75 Å². The van der Waals surface area contributed by atoms with E-state index in [1.807, 2.05) is 0 Å². The quantitative estimate of drug-likeness (QED) is 0.463. The van der Waals surface area contributed by atoms with Crippen LogP contribution in [0.15, 0.2) is 42.6 Å². The van der Waals surface area contributed by atoms with Gasteiger partial charge in [-0.2, -0.15) is 0 Å². The number of nitrogens with zero attached hydrogens (tertiary/aromatic N) is 2. The van der Waals surface area contributed by atoms with Crippen LogP contribution in [-0.2, 0) is 27.4 Å². The van der Waals surface area contributed by atoms with Gasteiger partial charge in [-0.3, -0.25) is 14.4 Å². The molecular weight excluding hydrogens is 489 g/mol. The lowest BCUT2D eigenvalue weighted by Gasteiger charge is -2.27. The molecule has 1 aliphatic rings. The van der Waals surface area contributed by atoms with Gasteiger partial charge in [0.25, 0.3) is 0 Å². The lowest BCUT2D eigenvalue weighted by atomic mass is 10.1. The van der Waals surface area contributed by atoms with E-state index < -0.39 is 23.9 Å². The minimum absolute atomic E-state index is 0.0318. The molecule has 8 nitrogen and oxygen atoms in total. The van der Waals surface area contributed by atoms with Crippen LogP contribution in [0.25, 0.3) is 10.9 Å². The summed E-state index contributed by atoms with van der Waals surface area (Å²) >= 11 is 5.83. The SMILES string of the molecule is COc1ccc2c(c1)c(C(C)=O)cn2CC(=O)N1CC[C@@H](OC)[C@H]1C(=O)NCc1cccc(Cl)c1F. The fourth-order valence-electron chi connectivity index (χ4n) is 4.62. The van der Waals surface area contributed by atoms with Gasteiger partial charge in [0.1, 0.15) is 24.2 Å². The van der Waals surface area contributed by atoms with Crippen molar-refractivity contribution in [3.63, 3.8) is 0 Å². The van der Waals surface area contributed by atoms with Gasteiger partial charge in [-0.15, -0.1) is 0 Å². The Morgan fingerprint density at radius 3 is 2.67 bits per heavy atom. The van der Waals surface area contributed by atoms with E-state index in [4.69, 9.17) is 21.1 Å². The molecule has 3 aromatic rings. The molecule has 0 bridgehead atoms. The summed E-state index contributed by atoms with van der Waals surface area (Å²) in [7, 11) is 3.03. The van der Waals surface area contributed by atoms with Crippen molar-refractivity contribution in [3.05, 3.63) is 64.6 Å². The second-order valence-corrected chi connectivity index (χ2v) is 9.04. The average molecular weight is 516 g/mol. The molecule has 1 fully saturated rings.